The molecular formula is C17H30NO3P. The summed E-state index contributed by atoms with van der Waals surface area (Å²) in [6.07, 6.45) is 4.53. The summed E-state index contributed by atoms with van der Waals surface area (Å²) in [4.78, 5) is 0. The van der Waals surface area contributed by atoms with Gasteiger partial charge in [-0.25, -0.2) is 9.24 Å². The zero-order valence-corrected chi connectivity index (χ0v) is 15.1. The van der Waals surface area contributed by atoms with Gasteiger partial charge in [0, 0.05) is 13.1 Å². The predicted molar refractivity (Wildman–Crippen MR) is 91.9 cm³/mol. The van der Waals surface area contributed by atoms with Crippen LogP contribution in [0.4, 0.5) is 0 Å². The summed E-state index contributed by atoms with van der Waals surface area (Å²) < 4.78 is 26.0. The Bertz CT molecular complexity index is 429. The minimum absolute atomic E-state index is 0.386. The smallest absolute Gasteiger partial charge is 0.297 e. The first-order chi connectivity index (χ1) is 10.7. The molecule has 0 saturated carbocycles. The van der Waals surface area contributed by atoms with Gasteiger partial charge in [0.05, 0.1) is 13.2 Å². The van der Waals surface area contributed by atoms with Gasteiger partial charge in [0.1, 0.15) is 0 Å². The van der Waals surface area contributed by atoms with E-state index in [1.165, 1.54) is 12.8 Å². The maximum atomic E-state index is 13.1. The first-order valence-corrected chi connectivity index (χ1v) is 9.84. The van der Waals surface area contributed by atoms with Crippen LogP contribution in [0.15, 0.2) is 30.3 Å². The van der Waals surface area contributed by atoms with Gasteiger partial charge >= 0.3 is 7.75 Å². The van der Waals surface area contributed by atoms with E-state index in [1.54, 1.807) is 0 Å². The van der Waals surface area contributed by atoms with Gasteiger partial charge in [0.15, 0.2) is 0 Å². The van der Waals surface area contributed by atoms with Gasteiger partial charge < -0.3 is 0 Å². The lowest BCUT2D eigenvalue weighted by Gasteiger charge is -2.29. The van der Waals surface area contributed by atoms with Gasteiger partial charge in [0.2, 0.25) is 0 Å². The Hall–Kier alpha value is -0.670. The maximum absolute atomic E-state index is 13.1. The lowest BCUT2D eigenvalue weighted by molar-refractivity contribution is 0.163. The predicted octanol–water partition coefficient (Wildman–Crippen LogP) is 5.25. The van der Waals surface area contributed by atoms with Crippen LogP contribution in [0.5, 0.6) is 0 Å². The van der Waals surface area contributed by atoms with E-state index in [1.807, 2.05) is 48.8 Å². The van der Waals surface area contributed by atoms with Crippen LogP contribution in [0.2, 0.25) is 0 Å². The molecule has 22 heavy (non-hydrogen) atoms. The Morgan fingerprint density at radius 1 is 0.955 bits per heavy atom. The summed E-state index contributed by atoms with van der Waals surface area (Å²) in [5.74, 6) is 0. The molecule has 0 N–H and O–H groups in total. The van der Waals surface area contributed by atoms with Crippen molar-refractivity contribution < 1.29 is 13.6 Å². The highest BCUT2D eigenvalue weighted by molar-refractivity contribution is 7.51. The average molecular weight is 327 g/mol. The van der Waals surface area contributed by atoms with Gasteiger partial charge in [-0.3, -0.25) is 9.05 Å². The quantitative estimate of drug-likeness (QED) is 0.388. The second kappa shape index (κ2) is 11.0. The molecule has 0 heterocycles. The molecule has 0 aromatic heterocycles. The van der Waals surface area contributed by atoms with Crippen molar-refractivity contribution in [2.75, 3.05) is 19.8 Å². The van der Waals surface area contributed by atoms with E-state index in [-0.39, 0.29) is 0 Å². The van der Waals surface area contributed by atoms with Crippen molar-refractivity contribution in [3.63, 3.8) is 0 Å². The van der Waals surface area contributed by atoms with E-state index in [4.69, 9.17) is 9.05 Å². The van der Waals surface area contributed by atoms with Gasteiger partial charge in [-0.05, 0) is 25.8 Å². The Kier molecular flexibility index (Phi) is 9.65. The number of rotatable bonds is 12. The molecule has 0 amide bonds. The monoisotopic (exact) mass is 327 g/mol. The van der Waals surface area contributed by atoms with Gasteiger partial charge in [-0.1, -0.05) is 56.5 Å². The molecule has 0 aliphatic heterocycles. The minimum Gasteiger partial charge on any atom is -0.297 e. The van der Waals surface area contributed by atoms with Crippen molar-refractivity contribution in [3.8, 4) is 0 Å². The van der Waals surface area contributed by atoms with E-state index < -0.39 is 7.75 Å². The molecule has 0 bridgehead atoms. The van der Waals surface area contributed by atoms with Gasteiger partial charge in [-0.15, -0.1) is 0 Å². The second-order valence-corrected chi connectivity index (χ2v) is 7.26. The molecule has 5 heteroatoms. The van der Waals surface area contributed by atoms with Crippen LogP contribution in [-0.2, 0) is 20.2 Å². The summed E-state index contributed by atoms with van der Waals surface area (Å²) in [6, 6.07) is 10.1. The van der Waals surface area contributed by atoms with E-state index in [2.05, 4.69) is 6.92 Å². The molecule has 126 valence electrons. The van der Waals surface area contributed by atoms with Crippen LogP contribution >= 0.6 is 7.75 Å². The SMILES string of the molecule is CCCCCCN(Cc1ccccc1)P(=O)(OCC)OCC. The lowest BCUT2D eigenvalue weighted by atomic mass is 10.2. The first kappa shape index (κ1) is 19.4. The Morgan fingerprint density at radius 2 is 1.59 bits per heavy atom. The van der Waals surface area contributed by atoms with Crippen LogP contribution in [0, 0.1) is 0 Å². The normalized spacial score (nSPS) is 12.0. The molecule has 1 aromatic rings. The summed E-state index contributed by atoms with van der Waals surface area (Å²) in [7, 11) is -3.21. The third-order valence-electron chi connectivity index (χ3n) is 3.41. The molecule has 0 fully saturated rings. The highest BCUT2D eigenvalue weighted by Crippen LogP contribution is 2.52. The third kappa shape index (κ3) is 6.62. The molecule has 4 nitrogen and oxygen atoms in total. The largest absolute Gasteiger partial charge is 0.408 e. The van der Waals surface area contributed by atoms with Crippen molar-refractivity contribution in [1.82, 2.24) is 4.67 Å². The number of hydrogen-bond donors (Lipinski definition) is 0. The van der Waals surface area contributed by atoms with E-state index in [0.29, 0.717) is 19.8 Å². The topological polar surface area (TPSA) is 38.8 Å². The Labute approximate surface area is 135 Å². The molecular weight excluding hydrogens is 297 g/mol. The zero-order valence-electron chi connectivity index (χ0n) is 14.2. The van der Waals surface area contributed by atoms with E-state index >= 15 is 0 Å². The fourth-order valence-electron chi connectivity index (χ4n) is 2.33. The average Bonchev–Trinajstić information content (AvgIpc) is 2.52. The first-order valence-electron chi connectivity index (χ1n) is 8.34. The zero-order chi connectivity index (χ0) is 16.3. The van der Waals surface area contributed by atoms with Crippen molar-refractivity contribution in [2.24, 2.45) is 0 Å². The van der Waals surface area contributed by atoms with Crippen molar-refractivity contribution in [2.45, 2.75) is 53.0 Å². The standard InChI is InChI=1S/C17H30NO3P/c1-4-7-8-12-15-18(16-17-13-10-9-11-14-17)22(19,20-5-2)21-6-3/h9-11,13-14H,4-8,12,15-16H2,1-3H3. The molecule has 0 radical (unpaired) electrons. The van der Waals surface area contributed by atoms with Crippen molar-refractivity contribution in [3.05, 3.63) is 35.9 Å². The highest BCUT2D eigenvalue weighted by Gasteiger charge is 2.32. The molecule has 0 atom stereocenters. The number of nitrogens with zero attached hydrogens (tertiary/aromatic N) is 1. The Balaban J connectivity index is 2.80. The van der Waals surface area contributed by atoms with E-state index in [9.17, 15) is 4.57 Å². The fraction of sp³-hybridized carbons (Fsp3) is 0.647. The lowest BCUT2D eigenvalue weighted by Crippen LogP contribution is -2.24. The molecule has 0 spiro atoms. The van der Waals surface area contributed by atoms with Crippen LogP contribution in [0.1, 0.15) is 52.0 Å². The number of hydrogen-bond acceptors (Lipinski definition) is 3. The highest BCUT2D eigenvalue weighted by atomic mass is 31.2. The molecule has 0 unspecified atom stereocenters. The summed E-state index contributed by atoms with van der Waals surface area (Å²) in [5.41, 5.74) is 1.12. The number of unbranched alkanes of at least 4 members (excludes halogenated alkanes) is 3. The Morgan fingerprint density at radius 3 is 2.14 bits per heavy atom. The van der Waals surface area contributed by atoms with Gasteiger partial charge in [-0.2, -0.15) is 0 Å². The minimum atomic E-state index is -3.21. The second-order valence-electron chi connectivity index (χ2n) is 5.24. The maximum Gasteiger partial charge on any atom is 0.408 e. The van der Waals surface area contributed by atoms with Crippen LogP contribution in [0.25, 0.3) is 0 Å². The van der Waals surface area contributed by atoms with Crippen molar-refractivity contribution in [1.29, 1.82) is 0 Å². The summed E-state index contributed by atoms with van der Waals surface area (Å²) >= 11 is 0. The van der Waals surface area contributed by atoms with Crippen LogP contribution in [-0.4, -0.2) is 24.4 Å². The third-order valence-corrected chi connectivity index (χ3v) is 5.61. The van der Waals surface area contributed by atoms with Crippen LogP contribution in [0.3, 0.4) is 0 Å². The summed E-state index contributed by atoms with van der Waals surface area (Å²) in [5, 5.41) is 0. The molecule has 0 aliphatic carbocycles. The van der Waals surface area contributed by atoms with E-state index in [0.717, 1.165) is 24.9 Å². The number of benzene rings is 1. The molecule has 0 saturated heterocycles. The molecule has 1 aromatic carbocycles. The summed E-state index contributed by atoms with van der Waals surface area (Å²) in [6.45, 7) is 7.98. The fourth-order valence-corrected chi connectivity index (χ4v) is 4.11. The molecule has 1 rings (SSSR count). The molecule has 0 aliphatic rings. The van der Waals surface area contributed by atoms with Gasteiger partial charge in [0.25, 0.3) is 0 Å². The van der Waals surface area contributed by atoms with Crippen molar-refractivity contribution >= 4 is 7.75 Å². The van der Waals surface area contributed by atoms with Crippen LogP contribution < -0.4 is 0 Å².